The van der Waals surface area contributed by atoms with E-state index in [1.54, 1.807) is 0 Å². The first kappa shape index (κ1) is 13.8. The number of rotatable bonds is 2. The fourth-order valence-electron chi connectivity index (χ4n) is 3.13. The van der Waals surface area contributed by atoms with E-state index >= 15 is 0 Å². The van der Waals surface area contributed by atoms with Crippen molar-refractivity contribution in [3.63, 3.8) is 0 Å². The number of hydrogen-bond acceptors (Lipinski definition) is 0. The minimum absolute atomic E-state index is 1.20. The molecule has 1 aromatic heterocycles. The van der Waals surface area contributed by atoms with Crippen molar-refractivity contribution in [2.45, 2.75) is 13.8 Å². The molecule has 0 spiro atoms. The third-order valence-electron chi connectivity index (χ3n) is 4.32. The van der Waals surface area contributed by atoms with Gasteiger partial charge in [0.1, 0.15) is 0 Å². The second kappa shape index (κ2) is 5.44. The molecule has 4 aromatic rings. The Morgan fingerprint density at radius 2 is 1.35 bits per heavy atom. The third kappa shape index (κ3) is 2.44. The summed E-state index contributed by atoms with van der Waals surface area (Å²) in [6.45, 7) is 4.27. The maximum Gasteiger partial charge on any atom is 0.0540 e. The molecule has 1 heterocycles. The van der Waals surface area contributed by atoms with Crippen molar-refractivity contribution in [3.05, 3.63) is 90.0 Å². The Morgan fingerprint density at radius 3 is 2.09 bits per heavy atom. The number of fused-ring (bicyclic) bond motifs is 1. The van der Waals surface area contributed by atoms with Crippen molar-refractivity contribution in [1.82, 2.24) is 4.57 Å². The molecule has 0 aliphatic carbocycles. The number of para-hydroxylation sites is 1. The quantitative estimate of drug-likeness (QED) is 0.433. The zero-order valence-corrected chi connectivity index (χ0v) is 13.5. The van der Waals surface area contributed by atoms with Crippen molar-refractivity contribution in [1.29, 1.82) is 0 Å². The molecule has 1 heteroatoms. The molecule has 0 aliphatic heterocycles. The molecule has 1 nitrogen and oxygen atoms in total. The zero-order valence-electron chi connectivity index (χ0n) is 13.5. The molecule has 0 amide bonds. The van der Waals surface area contributed by atoms with Crippen molar-refractivity contribution < 1.29 is 0 Å². The summed E-state index contributed by atoms with van der Waals surface area (Å²) in [4.78, 5) is 0. The topological polar surface area (TPSA) is 4.93 Å². The lowest BCUT2D eigenvalue weighted by Crippen LogP contribution is -1.96. The van der Waals surface area contributed by atoms with Gasteiger partial charge in [0.15, 0.2) is 0 Å². The SMILES string of the molecule is Cc1ccc(-c2cc3cc(C)ccc3n2-c2ccccc2)cc1. The maximum atomic E-state index is 2.35. The number of hydrogen-bond donors (Lipinski definition) is 0. The average Bonchev–Trinajstić information content (AvgIpc) is 2.94. The van der Waals surface area contributed by atoms with Gasteiger partial charge in [-0.1, -0.05) is 59.7 Å². The van der Waals surface area contributed by atoms with E-state index in [0.29, 0.717) is 0 Å². The average molecular weight is 297 g/mol. The van der Waals surface area contributed by atoms with E-state index in [9.17, 15) is 0 Å². The van der Waals surface area contributed by atoms with Gasteiger partial charge in [-0.25, -0.2) is 0 Å². The van der Waals surface area contributed by atoms with E-state index in [-0.39, 0.29) is 0 Å². The second-order valence-corrected chi connectivity index (χ2v) is 6.13. The van der Waals surface area contributed by atoms with Crippen LogP contribution in [0.3, 0.4) is 0 Å². The van der Waals surface area contributed by atoms with Crippen LogP contribution in [-0.4, -0.2) is 4.57 Å². The summed E-state index contributed by atoms with van der Waals surface area (Å²) in [5, 5.41) is 1.28. The number of benzene rings is 3. The molecular formula is C22H19N. The molecule has 0 atom stereocenters. The molecule has 0 N–H and O–H groups in total. The van der Waals surface area contributed by atoms with Gasteiger partial charge in [-0.2, -0.15) is 0 Å². The highest BCUT2D eigenvalue weighted by Gasteiger charge is 2.12. The van der Waals surface area contributed by atoms with Crippen LogP contribution in [0.15, 0.2) is 78.9 Å². The Kier molecular flexibility index (Phi) is 3.27. The van der Waals surface area contributed by atoms with Crippen LogP contribution in [0.25, 0.3) is 27.8 Å². The summed E-state index contributed by atoms with van der Waals surface area (Å²) in [7, 11) is 0. The molecule has 0 fully saturated rings. The van der Waals surface area contributed by atoms with Crippen molar-refractivity contribution in [2.75, 3.05) is 0 Å². The Bertz CT molecular complexity index is 960. The van der Waals surface area contributed by atoms with Gasteiger partial charge < -0.3 is 4.57 Å². The van der Waals surface area contributed by atoms with Crippen molar-refractivity contribution in [2.24, 2.45) is 0 Å². The van der Waals surface area contributed by atoms with Crippen LogP contribution in [-0.2, 0) is 0 Å². The highest BCUT2D eigenvalue weighted by atomic mass is 15.0. The van der Waals surface area contributed by atoms with Crippen LogP contribution in [0.5, 0.6) is 0 Å². The molecule has 112 valence electrons. The Balaban J connectivity index is 2.04. The van der Waals surface area contributed by atoms with Crippen molar-refractivity contribution in [3.8, 4) is 16.9 Å². The van der Waals surface area contributed by atoms with Crippen LogP contribution in [0.4, 0.5) is 0 Å². The molecule has 0 unspecified atom stereocenters. The largest absolute Gasteiger partial charge is 0.309 e. The lowest BCUT2D eigenvalue weighted by atomic mass is 10.1. The highest BCUT2D eigenvalue weighted by Crippen LogP contribution is 2.32. The molecule has 0 radical (unpaired) electrons. The molecule has 0 bridgehead atoms. The van der Waals surface area contributed by atoms with E-state index in [1.165, 1.54) is 39.0 Å². The normalized spacial score (nSPS) is 11.0. The van der Waals surface area contributed by atoms with Gasteiger partial charge >= 0.3 is 0 Å². The molecular weight excluding hydrogens is 278 g/mol. The van der Waals surface area contributed by atoms with Crippen LogP contribution in [0.2, 0.25) is 0 Å². The van der Waals surface area contributed by atoms with Crippen LogP contribution in [0.1, 0.15) is 11.1 Å². The second-order valence-electron chi connectivity index (χ2n) is 6.13. The fourth-order valence-corrected chi connectivity index (χ4v) is 3.13. The summed E-state index contributed by atoms with van der Waals surface area (Å²) < 4.78 is 2.35. The molecule has 0 saturated heterocycles. The summed E-state index contributed by atoms with van der Waals surface area (Å²) in [5.74, 6) is 0. The number of aromatic nitrogens is 1. The third-order valence-corrected chi connectivity index (χ3v) is 4.32. The smallest absolute Gasteiger partial charge is 0.0540 e. The van der Waals surface area contributed by atoms with Gasteiger partial charge in [0.05, 0.1) is 11.2 Å². The van der Waals surface area contributed by atoms with Gasteiger partial charge in [-0.3, -0.25) is 0 Å². The minimum Gasteiger partial charge on any atom is -0.309 e. The molecule has 3 aromatic carbocycles. The summed E-state index contributed by atoms with van der Waals surface area (Å²) >= 11 is 0. The van der Waals surface area contributed by atoms with Crippen molar-refractivity contribution >= 4 is 10.9 Å². The molecule has 0 saturated carbocycles. The molecule has 4 rings (SSSR count). The van der Waals surface area contributed by atoms with Crippen LogP contribution in [0, 0.1) is 13.8 Å². The number of nitrogens with zero attached hydrogens (tertiary/aromatic N) is 1. The predicted molar refractivity (Wildman–Crippen MR) is 98.2 cm³/mol. The van der Waals surface area contributed by atoms with E-state index in [4.69, 9.17) is 0 Å². The summed E-state index contributed by atoms with van der Waals surface area (Å²) in [6.07, 6.45) is 0. The van der Waals surface area contributed by atoms with Gasteiger partial charge in [-0.05, 0) is 49.7 Å². The van der Waals surface area contributed by atoms with E-state index in [0.717, 1.165) is 0 Å². The highest BCUT2D eigenvalue weighted by molar-refractivity contribution is 5.89. The number of aryl methyl sites for hydroxylation is 2. The summed E-state index contributed by atoms with van der Waals surface area (Å²) in [5.41, 5.74) is 7.49. The Labute approximate surface area is 136 Å². The fraction of sp³-hybridized carbons (Fsp3) is 0.0909. The Morgan fingerprint density at radius 1 is 0.652 bits per heavy atom. The molecule has 23 heavy (non-hydrogen) atoms. The summed E-state index contributed by atoms with van der Waals surface area (Å²) in [6, 6.07) is 28.3. The first-order valence-corrected chi connectivity index (χ1v) is 7.97. The first-order valence-electron chi connectivity index (χ1n) is 7.97. The van der Waals surface area contributed by atoms with E-state index in [2.05, 4.69) is 97.3 Å². The monoisotopic (exact) mass is 297 g/mol. The lowest BCUT2D eigenvalue weighted by molar-refractivity contribution is 1.13. The van der Waals surface area contributed by atoms with Gasteiger partial charge in [0.2, 0.25) is 0 Å². The zero-order chi connectivity index (χ0) is 15.8. The lowest BCUT2D eigenvalue weighted by Gasteiger charge is -2.11. The van der Waals surface area contributed by atoms with Gasteiger partial charge in [-0.15, -0.1) is 0 Å². The first-order chi connectivity index (χ1) is 11.2. The van der Waals surface area contributed by atoms with E-state index in [1.807, 2.05) is 0 Å². The van der Waals surface area contributed by atoms with Gasteiger partial charge in [0, 0.05) is 11.1 Å². The van der Waals surface area contributed by atoms with Crippen LogP contribution >= 0.6 is 0 Å². The predicted octanol–water partition coefficient (Wildman–Crippen LogP) is 5.91. The maximum absolute atomic E-state index is 2.35. The van der Waals surface area contributed by atoms with Crippen LogP contribution < -0.4 is 0 Å². The standard InChI is InChI=1S/C22H19N/c1-16-8-11-18(12-9-16)22-15-19-14-17(2)10-13-21(19)23(22)20-6-4-3-5-7-20/h3-15H,1-2H3. The molecule has 0 aliphatic rings. The van der Waals surface area contributed by atoms with E-state index < -0.39 is 0 Å². The minimum atomic E-state index is 1.20. The Hall–Kier alpha value is -2.80. The van der Waals surface area contributed by atoms with Gasteiger partial charge in [0.25, 0.3) is 0 Å².